The van der Waals surface area contributed by atoms with Gasteiger partial charge in [-0.25, -0.2) is 4.79 Å². The Kier molecular flexibility index (Phi) is 4.16. The molecule has 0 saturated heterocycles. The van der Waals surface area contributed by atoms with Crippen LogP contribution in [0.15, 0.2) is 24.3 Å². The van der Waals surface area contributed by atoms with Crippen LogP contribution in [0, 0.1) is 0 Å². The zero-order valence-electron chi connectivity index (χ0n) is 9.58. The lowest BCUT2D eigenvalue weighted by molar-refractivity contribution is 0.224. The quantitative estimate of drug-likeness (QED) is 0.810. The van der Waals surface area contributed by atoms with Gasteiger partial charge in [0.05, 0.1) is 0 Å². The van der Waals surface area contributed by atoms with E-state index in [-0.39, 0.29) is 6.03 Å². The van der Waals surface area contributed by atoms with E-state index >= 15 is 0 Å². The van der Waals surface area contributed by atoms with E-state index in [1.807, 2.05) is 31.2 Å². The summed E-state index contributed by atoms with van der Waals surface area (Å²) >= 11 is 0. The first-order valence-electron chi connectivity index (χ1n) is 5.28. The average Bonchev–Trinajstić information content (AvgIpc) is 2.29. The molecule has 3 nitrogen and oxygen atoms in total. The summed E-state index contributed by atoms with van der Waals surface area (Å²) in [5.74, 6) is 0. The summed E-state index contributed by atoms with van der Waals surface area (Å²) in [5, 5.41) is 2.83. The maximum absolute atomic E-state index is 11.5. The maximum atomic E-state index is 11.5. The fraction of sp³-hybridized carbons (Fsp3) is 0.417. The third-order valence-corrected chi connectivity index (χ3v) is 2.43. The molecule has 0 aliphatic heterocycles. The van der Waals surface area contributed by atoms with Crippen LogP contribution in [0.1, 0.15) is 19.4 Å². The van der Waals surface area contributed by atoms with Gasteiger partial charge in [-0.05, 0) is 31.0 Å². The molecule has 2 amide bonds. The summed E-state index contributed by atoms with van der Waals surface area (Å²) in [5.41, 5.74) is 2.12. The maximum Gasteiger partial charge on any atom is 0.321 e. The molecule has 0 radical (unpaired) electrons. The van der Waals surface area contributed by atoms with Crippen molar-refractivity contribution in [1.82, 2.24) is 4.90 Å². The number of hydrogen-bond acceptors (Lipinski definition) is 1. The molecule has 0 fully saturated rings. The SMILES string of the molecule is CCc1ccc(NC(=O)N(C)CC)cc1. The smallest absolute Gasteiger partial charge is 0.321 e. The zero-order valence-corrected chi connectivity index (χ0v) is 9.58. The number of nitrogens with zero attached hydrogens (tertiary/aromatic N) is 1. The lowest BCUT2D eigenvalue weighted by Crippen LogP contribution is -2.30. The predicted octanol–water partition coefficient (Wildman–Crippen LogP) is 2.73. The van der Waals surface area contributed by atoms with Crippen LogP contribution in [0.3, 0.4) is 0 Å². The molecular formula is C12H18N2O. The highest BCUT2D eigenvalue weighted by atomic mass is 16.2. The van der Waals surface area contributed by atoms with Gasteiger partial charge in [0.1, 0.15) is 0 Å². The van der Waals surface area contributed by atoms with E-state index in [4.69, 9.17) is 0 Å². The molecule has 1 aromatic carbocycles. The van der Waals surface area contributed by atoms with Gasteiger partial charge in [-0.2, -0.15) is 0 Å². The van der Waals surface area contributed by atoms with Crippen molar-refractivity contribution in [1.29, 1.82) is 0 Å². The molecule has 1 N–H and O–H groups in total. The highest BCUT2D eigenvalue weighted by Crippen LogP contribution is 2.10. The van der Waals surface area contributed by atoms with Crippen molar-refractivity contribution in [2.24, 2.45) is 0 Å². The third kappa shape index (κ3) is 3.27. The van der Waals surface area contributed by atoms with E-state index in [9.17, 15) is 4.79 Å². The van der Waals surface area contributed by atoms with Gasteiger partial charge in [-0.1, -0.05) is 19.1 Å². The Bertz CT molecular complexity index is 319. The van der Waals surface area contributed by atoms with Gasteiger partial charge in [0.15, 0.2) is 0 Å². The van der Waals surface area contributed by atoms with Crippen LogP contribution < -0.4 is 5.32 Å². The molecule has 0 heterocycles. The Labute approximate surface area is 91.1 Å². The van der Waals surface area contributed by atoms with Crippen molar-refractivity contribution >= 4 is 11.7 Å². The summed E-state index contributed by atoms with van der Waals surface area (Å²) < 4.78 is 0. The number of nitrogens with one attached hydrogen (secondary N) is 1. The van der Waals surface area contributed by atoms with Gasteiger partial charge in [-0.15, -0.1) is 0 Å². The van der Waals surface area contributed by atoms with E-state index in [1.54, 1.807) is 11.9 Å². The summed E-state index contributed by atoms with van der Waals surface area (Å²) in [4.78, 5) is 13.1. The van der Waals surface area contributed by atoms with Crippen LogP contribution in [-0.2, 0) is 6.42 Å². The highest BCUT2D eigenvalue weighted by molar-refractivity contribution is 5.89. The van der Waals surface area contributed by atoms with E-state index < -0.39 is 0 Å². The van der Waals surface area contributed by atoms with Gasteiger partial charge in [-0.3, -0.25) is 0 Å². The molecule has 3 heteroatoms. The van der Waals surface area contributed by atoms with Crippen molar-refractivity contribution < 1.29 is 4.79 Å². The third-order valence-electron chi connectivity index (χ3n) is 2.43. The first-order chi connectivity index (χ1) is 7.17. The molecule has 0 atom stereocenters. The molecule has 0 saturated carbocycles. The number of urea groups is 1. The minimum atomic E-state index is -0.0678. The van der Waals surface area contributed by atoms with Crippen LogP contribution in [0.25, 0.3) is 0 Å². The summed E-state index contributed by atoms with van der Waals surface area (Å²) in [6, 6.07) is 7.85. The topological polar surface area (TPSA) is 32.3 Å². The van der Waals surface area contributed by atoms with Crippen LogP contribution >= 0.6 is 0 Å². The lowest BCUT2D eigenvalue weighted by Gasteiger charge is -2.15. The number of carbonyl (C=O) groups excluding carboxylic acids is 1. The molecule has 0 spiro atoms. The Balaban J connectivity index is 2.61. The molecule has 0 unspecified atom stereocenters. The Morgan fingerprint density at radius 1 is 1.27 bits per heavy atom. The molecule has 15 heavy (non-hydrogen) atoms. The largest absolute Gasteiger partial charge is 0.328 e. The van der Waals surface area contributed by atoms with E-state index in [2.05, 4.69) is 12.2 Å². The molecular weight excluding hydrogens is 188 g/mol. The van der Waals surface area contributed by atoms with Crippen LogP contribution in [0.5, 0.6) is 0 Å². The van der Waals surface area contributed by atoms with E-state index in [1.165, 1.54) is 5.56 Å². The van der Waals surface area contributed by atoms with Crippen LogP contribution in [0.2, 0.25) is 0 Å². The Hall–Kier alpha value is -1.51. The standard InChI is InChI=1S/C12H18N2O/c1-4-10-6-8-11(9-7-10)13-12(15)14(3)5-2/h6-9H,4-5H2,1-3H3,(H,13,15). The second-order valence-corrected chi connectivity index (χ2v) is 3.49. The first kappa shape index (κ1) is 11.6. The van der Waals surface area contributed by atoms with Crippen LogP contribution in [0.4, 0.5) is 10.5 Å². The Morgan fingerprint density at radius 3 is 2.33 bits per heavy atom. The first-order valence-corrected chi connectivity index (χ1v) is 5.28. The average molecular weight is 206 g/mol. The number of aryl methyl sites for hydroxylation is 1. The summed E-state index contributed by atoms with van der Waals surface area (Å²) in [7, 11) is 1.77. The molecule has 1 rings (SSSR count). The van der Waals surface area contributed by atoms with Crippen molar-refractivity contribution in [2.45, 2.75) is 20.3 Å². The molecule has 82 valence electrons. The lowest BCUT2D eigenvalue weighted by atomic mass is 10.1. The zero-order chi connectivity index (χ0) is 11.3. The van der Waals surface area contributed by atoms with Gasteiger partial charge >= 0.3 is 6.03 Å². The number of amides is 2. The summed E-state index contributed by atoms with van der Waals surface area (Å²) in [6.45, 7) is 4.76. The second kappa shape index (κ2) is 5.39. The fourth-order valence-corrected chi connectivity index (χ4v) is 1.19. The van der Waals surface area contributed by atoms with E-state index in [0.29, 0.717) is 6.54 Å². The van der Waals surface area contributed by atoms with E-state index in [0.717, 1.165) is 12.1 Å². The number of rotatable bonds is 3. The van der Waals surface area contributed by atoms with Crippen molar-refractivity contribution in [3.8, 4) is 0 Å². The van der Waals surface area contributed by atoms with Gasteiger partial charge in [0, 0.05) is 19.3 Å². The molecule has 0 aliphatic rings. The summed E-state index contributed by atoms with van der Waals surface area (Å²) in [6.07, 6.45) is 1.02. The minimum absolute atomic E-state index is 0.0678. The van der Waals surface area contributed by atoms with Gasteiger partial charge in [0.25, 0.3) is 0 Å². The predicted molar refractivity (Wildman–Crippen MR) is 63.1 cm³/mol. The normalized spacial score (nSPS) is 9.80. The van der Waals surface area contributed by atoms with Crippen molar-refractivity contribution in [2.75, 3.05) is 18.9 Å². The molecule has 0 aromatic heterocycles. The minimum Gasteiger partial charge on any atom is -0.328 e. The number of carbonyl (C=O) groups is 1. The molecule has 0 aliphatic carbocycles. The fourth-order valence-electron chi connectivity index (χ4n) is 1.19. The second-order valence-electron chi connectivity index (χ2n) is 3.49. The van der Waals surface area contributed by atoms with Gasteiger partial charge in [0.2, 0.25) is 0 Å². The highest BCUT2D eigenvalue weighted by Gasteiger charge is 2.05. The molecule has 1 aromatic rings. The van der Waals surface area contributed by atoms with Gasteiger partial charge < -0.3 is 10.2 Å². The Morgan fingerprint density at radius 2 is 1.87 bits per heavy atom. The van der Waals surface area contributed by atoms with Crippen molar-refractivity contribution in [3.63, 3.8) is 0 Å². The number of anilines is 1. The van der Waals surface area contributed by atoms with Crippen molar-refractivity contribution in [3.05, 3.63) is 29.8 Å². The number of hydrogen-bond donors (Lipinski definition) is 1. The number of benzene rings is 1. The molecule has 0 bridgehead atoms. The van der Waals surface area contributed by atoms with Crippen LogP contribution in [-0.4, -0.2) is 24.5 Å². The monoisotopic (exact) mass is 206 g/mol.